The summed E-state index contributed by atoms with van der Waals surface area (Å²) in [6.45, 7) is 5.48. The molecule has 8 nitrogen and oxygen atoms in total. The van der Waals surface area contributed by atoms with Gasteiger partial charge in [0.15, 0.2) is 5.82 Å². The molecule has 2 saturated heterocycles. The number of hydrogen-bond acceptors (Lipinski definition) is 8. The number of ether oxygens (including phenoxy) is 1. The second-order valence-electron chi connectivity index (χ2n) is 7.67. The Bertz CT molecular complexity index is 732. The largest absolute Gasteiger partial charge is 0.381 e. The first kappa shape index (κ1) is 20.8. The van der Waals surface area contributed by atoms with Crippen LogP contribution in [0.5, 0.6) is 0 Å². The quantitative estimate of drug-likeness (QED) is 0.711. The van der Waals surface area contributed by atoms with Crippen molar-refractivity contribution in [3.05, 3.63) is 11.2 Å². The van der Waals surface area contributed by atoms with Crippen LogP contribution in [-0.2, 0) is 9.53 Å². The van der Waals surface area contributed by atoms with E-state index in [1.165, 1.54) is 0 Å². The summed E-state index contributed by atoms with van der Waals surface area (Å²) in [5.41, 5.74) is -0.462. The van der Waals surface area contributed by atoms with Gasteiger partial charge in [-0.15, -0.1) is 0 Å². The Labute approximate surface area is 170 Å². The lowest BCUT2D eigenvalue weighted by molar-refractivity contribution is -0.118. The van der Waals surface area contributed by atoms with Gasteiger partial charge < -0.3 is 15.4 Å². The minimum atomic E-state index is -0.462. The number of nitriles is 1. The van der Waals surface area contributed by atoms with Crippen molar-refractivity contribution in [1.29, 1.82) is 5.26 Å². The highest BCUT2D eigenvalue weighted by atomic mass is 35.5. The van der Waals surface area contributed by atoms with E-state index >= 15 is 0 Å². The molecule has 1 atom stereocenters. The molecule has 1 aromatic rings. The highest BCUT2D eigenvalue weighted by molar-refractivity contribution is 6.32. The summed E-state index contributed by atoms with van der Waals surface area (Å²) in [5, 5.41) is 16.6. The van der Waals surface area contributed by atoms with E-state index in [0.717, 1.165) is 25.9 Å². The summed E-state index contributed by atoms with van der Waals surface area (Å²) < 4.78 is 5.37. The molecule has 0 saturated carbocycles. The molecule has 3 heterocycles. The van der Waals surface area contributed by atoms with Gasteiger partial charge in [0.1, 0.15) is 10.8 Å². The molecule has 0 radical (unpaired) electrons. The Balaban J connectivity index is 1.61. The maximum Gasteiger partial charge on any atom is 0.224 e. The zero-order valence-electron chi connectivity index (χ0n) is 16.2. The minimum Gasteiger partial charge on any atom is -0.381 e. The lowest BCUT2D eigenvalue weighted by Crippen LogP contribution is -2.44. The van der Waals surface area contributed by atoms with E-state index in [1.54, 1.807) is 13.1 Å². The van der Waals surface area contributed by atoms with E-state index in [4.69, 9.17) is 16.3 Å². The number of aromatic nitrogens is 2. The molecule has 0 spiro atoms. The number of ketones is 1. The van der Waals surface area contributed by atoms with Crippen LogP contribution < -0.4 is 10.6 Å². The molecule has 0 amide bonds. The second kappa shape index (κ2) is 9.50. The van der Waals surface area contributed by atoms with Crippen LogP contribution in [0, 0.1) is 16.7 Å². The van der Waals surface area contributed by atoms with Crippen LogP contribution in [0.4, 0.5) is 11.8 Å². The molecule has 3 rings (SSSR count). The van der Waals surface area contributed by atoms with Gasteiger partial charge in [-0.05, 0) is 39.2 Å². The Morgan fingerprint density at radius 3 is 3.00 bits per heavy atom. The first-order valence-electron chi connectivity index (χ1n) is 9.73. The van der Waals surface area contributed by atoms with Crippen molar-refractivity contribution in [2.24, 2.45) is 5.41 Å². The third-order valence-electron chi connectivity index (χ3n) is 5.31. The Kier molecular flexibility index (Phi) is 7.05. The monoisotopic (exact) mass is 406 g/mol. The molecular formula is C19H27ClN6O2. The zero-order chi connectivity index (χ0) is 20.0. The zero-order valence-corrected chi connectivity index (χ0v) is 17.0. The van der Waals surface area contributed by atoms with Gasteiger partial charge >= 0.3 is 0 Å². The number of hydrogen-bond donors (Lipinski definition) is 2. The van der Waals surface area contributed by atoms with Crippen LogP contribution >= 0.6 is 11.6 Å². The summed E-state index contributed by atoms with van der Waals surface area (Å²) in [7, 11) is 0. The average molecular weight is 407 g/mol. The minimum absolute atomic E-state index is 0.175. The predicted molar refractivity (Wildman–Crippen MR) is 107 cm³/mol. The molecule has 2 aliphatic rings. The smallest absolute Gasteiger partial charge is 0.224 e. The summed E-state index contributed by atoms with van der Waals surface area (Å²) in [6, 6.07) is 2.61. The number of nitrogens with zero attached hydrogens (tertiary/aromatic N) is 4. The van der Waals surface area contributed by atoms with E-state index in [9.17, 15) is 10.1 Å². The number of anilines is 2. The molecule has 0 aromatic carbocycles. The van der Waals surface area contributed by atoms with Crippen molar-refractivity contribution in [1.82, 2.24) is 14.9 Å². The van der Waals surface area contributed by atoms with Gasteiger partial charge in [-0.1, -0.05) is 11.6 Å². The fourth-order valence-electron chi connectivity index (χ4n) is 3.72. The molecule has 2 N–H and O–H groups in total. The maximum absolute atomic E-state index is 11.4. The Morgan fingerprint density at radius 1 is 1.50 bits per heavy atom. The molecule has 0 bridgehead atoms. The summed E-state index contributed by atoms with van der Waals surface area (Å²) >= 11 is 6.26. The van der Waals surface area contributed by atoms with Crippen LogP contribution in [0.25, 0.3) is 0 Å². The fraction of sp³-hybridized carbons (Fsp3) is 0.684. The van der Waals surface area contributed by atoms with E-state index in [2.05, 4.69) is 31.6 Å². The maximum atomic E-state index is 11.4. The van der Waals surface area contributed by atoms with E-state index < -0.39 is 5.41 Å². The predicted octanol–water partition coefficient (Wildman–Crippen LogP) is 2.33. The number of likely N-dealkylation sites (tertiary alicyclic amines) is 1. The first-order chi connectivity index (χ1) is 13.5. The van der Waals surface area contributed by atoms with E-state index in [0.29, 0.717) is 55.9 Å². The molecule has 0 unspecified atom stereocenters. The molecule has 28 heavy (non-hydrogen) atoms. The van der Waals surface area contributed by atoms with Crippen LogP contribution in [0.1, 0.15) is 32.6 Å². The highest BCUT2D eigenvalue weighted by Crippen LogP contribution is 2.31. The number of halogens is 1. The van der Waals surface area contributed by atoms with Crippen molar-refractivity contribution in [3.63, 3.8) is 0 Å². The van der Waals surface area contributed by atoms with Crippen LogP contribution in [0.15, 0.2) is 6.20 Å². The Morgan fingerprint density at radius 2 is 2.29 bits per heavy atom. The van der Waals surface area contributed by atoms with Crippen LogP contribution in [-0.4, -0.2) is 66.1 Å². The lowest BCUT2D eigenvalue weighted by Gasteiger charge is -2.32. The van der Waals surface area contributed by atoms with E-state index in [1.807, 2.05) is 0 Å². The summed E-state index contributed by atoms with van der Waals surface area (Å²) in [5.74, 6) is 1.20. The third-order valence-corrected chi connectivity index (χ3v) is 5.59. The van der Waals surface area contributed by atoms with Crippen molar-refractivity contribution in [2.75, 3.05) is 50.0 Å². The number of carbonyl (C=O) groups excluding carboxylic acids is 1. The highest BCUT2D eigenvalue weighted by Gasteiger charge is 2.33. The number of nitrogens with one attached hydrogen (secondary N) is 2. The van der Waals surface area contributed by atoms with Crippen LogP contribution in [0.3, 0.4) is 0 Å². The SMILES string of the molecule is CC(=O)CN1CCC[C@@H](Nc2ncc(Cl)c(NCC3(C#N)CCOCC3)n2)C1. The van der Waals surface area contributed by atoms with Crippen molar-refractivity contribution in [2.45, 2.75) is 38.6 Å². The molecule has 0 aliphatic carbocycles. The first-order valence-corrected chi connectivity index (χ1v) is 10.1. The van der Waals surface area contributed by atoms with Gasteiger partial charge in [-0.2, -0.15) is 10.2 Å². The van der Waals surface area contributed by atoms with Gasteiger partial charge in [-0.3, -0.25) is 9.69 Å². The molecule has 152 valence electrons. The topological polar surface area (TPSA) is 103 Å². The molecule has 2 fully saturated rings. The number of Topliss-reactive ketones (excluding diaryl/α,β-unsaturated/α-hetero) is 1. The van der Waals surface area contributed by atoms with Gasteiger partial charge in [0.2, 0.25) is 5.95 Å². The Hall–Kier alpha value is -1.95. The standard InChI is InChI=1S/C19H27ClN6O2/c1-14(27)10-26-6-2-3-15(11-26)24-18-22-9-16(20)17(25-18)23-13-19(12-21)4-7-28-8-5-19/h9,15H,2-8,10-11,13H2,1H3,(H2,22,23,24,25)/t15-/m1/s1. The van der Waals surface area contributed by atoms with Gasteiger partial charge in [-0.25, -0.2) is 4.98 Å². The van der Waals surface area contributed by atoms with Gasteiger partial charge in [0, 0.05) is 32.3 Å². The fourth-order valence-corrected chi connectivity index (χ4v) is 3.88. The van der Waals surface area contributed by atoms with Gasteiger partial charge in [0.05, 0.1) is 24.2 Å². The van der Waals surface area contributed by atoms with Crippen molar-refractivity contribution in [3.8, 4) is 6.07 Å². The van der Waals surface area contributed by atoms with Crippen molar-refractivity contribution >= 4 is 29.2 Å². The lowest BCUT2D eigenvalue weighted by atomic mass is 9.82. The van der Waals surface area contributed by atoms with Gasteiger partial charge in [0.25, 0.3) is 0 Å². The van der Waals surface area contributed by atoms with E-state index in [-0.39, 0.29) is 11.8 Å². The molecule has 9 heteroatoms. The molecule has 2 aliphatic heterocycles. The summed E-state index contributed by atoms with van der Waals surface area (Å²) in [6.07, 6.45) is 4.98. The number of rotatable bonds is 7. The average Bonchev–Trinajstić information content (AvgIpc) is 2.69. The number of carbonyl (C=O) groups is 1. The molecular weight excluding hydrogens is 380 g/mol. The molecule has 1 aromatic heterocycles. The number of piperidine rings is 1. The van der Waals surface area contributed by atoms with Crippen molar-refractivity contribution < 1.29 is 9.53 Å². The summed E-state index contributed by atoms with van der Waals surface area (Å²) in [4.78, 5) is 22.3. The van der Waals surface area contributed by atoms with Crippen LogP contribution in [0.2, 0.25) is 5.02 Å². The normalized spacial score (nSPS) is 22.2. The second-order valence-corrected chi connectivity index (χ2v) is 8.08. The third kappa shape index (κ3) is 5.53.